The van der Waals surface area contributed by atoms with Gasteiger partial charge in [-0.25, -0.2) is 4.79 Å². The highest BCUT2D eigenvalue weighted by Gasteiger charge is 2.38. The standard InChI is InChI=1S/C13H22N4O2.C2HF3O2/c1-10(18)16-7-3-2-6-12(15)13(19)17-8-4-5-11(17)9-14;3-2(4,5)1(6)7/h11-12H,2-8,15H2,1H3,(H,16,18);(H,6,7)/t11-,12-;/m0./s1. The largest absolute Gasteiger partial charge is 0.490 e. The maximum atomic E-state index is 12.1. The fourth-order valence-corrected chi connectivity index (χ4v) is 2.25. The van der Waals surface area contributed by atoms with Crippen molar-refractivity contribution < 1.29 is 32.7 Å². The average molecular weight is 380 g/mol. The van der Waals surface area contributed by atoms with Crippen molar-refractivity contribution in [1.29, 1.82) is 5.26 Å². The minimum absolute atomic E-state index is 0.0469. The van der Waals surface area contributed by atoms with E-state index >= 15 is 0 Å². The van der Waals surface area contributed by atoms with E-state index in [1.807, 2.05) is 0 Å². The van der Waals surface area contributed by atoms with Crippen LogP contribution < -0.4 is 11.1 Å². The van der Waals surface area contributed by atoms with E-state index in [9.17, 15) is 22.8 Å². The van der Waals surface area contributed by atoms with Crippen molar-refractivity contribution in [2.24, 2.45) is 5.73 Å². The Labute approximate surface area is 149 Å². The SMILES string of the molecule is CC(=O)NCCCC[C@H](N)C(=O)N1CCC[C@H]1C#N.O=C(O)C(F)(F)F. The Kier molecular flexibility index (Phi) is 10.3. The zero-order valence-corrected chi connectivity index (χ0v) is 14.4. The maximum Gasteiger partial charge on any atom is 0.490 e. The highest BCUT2D eigenvalue weighted by atomic mass is 19.4. The lowest BCUT2D eigenvalue weighted by Crippen LogP contribution is -2.45. The van der Waals surface area contributed by atoms with Gasteiger partial charge in [0, 0.05) is 20.0 Å². The van der Waals surface area contributed by atoms with Crippen LogP contribution in [-0.4, -0.2) is 59.1 Å². The van der Waals surface area contributed by atoms with E-state index in [0.29, 0.717) is 19.5 Å². The summed E-state index contributed by atoms with van der Waals surface area (Å²) in [7, 11) is 0. The second kappa shape index (κ2) is 11.3. The summed E-state index contributed by atoms with van der Waals surface area (Å²) in [5, 5.41) is 18.8. The number of nitrogens with zero attached hydrogens (tertiary/aromatic N) is 2. The maximum absolute atomic E-state index is 12.1. The van der Waals surface area contributed by atoms with Gasteiger partial charge in [-0.3, -0.25) is 9.59 Å². The lowest BCUT2D eigenvalue weighted by Gasteiger charge is -2.23. The third kappa shape index (κ3) is 9.22. The predicted octanol–water partition coefficient (Wildman–Crippen LogP) is 0.768. The number of rotatable bonds is 6. The summed E-state index contributed by atoms with van der Waals surface area (Å²) in [4.78, 5) is 33.2. The van der Waals surface area contributed by atoms with Crippen LogP contribution in [0.4, 0.5) is 13.2 Å². The number of aliphatic carboxylic acids is 1. The summed E-state index contributed by atoms with van der Waals surface area (Å²) >= 11 is 0. The van der Waals surface area contributed by atoms with Gasteiger partial charge in [0.05, 0.1) is 12.1 Å². The first-order valence-corrected chi connectivity index (χ1v) is 8.01. The minimum atomic E-state index is -5.08. The minimum Gasteiger partial charge on any atom is -0.475 e. The van der Waals surface area contributed by atoms with Gasteiger partial charge in [0.2, 0.25) is 11.8 Å². The molecule has 26 heavy (non-hydrogen) atoms. The van der Waals surface area contributed by atoms with Gasteiger partial charge in [0.15, 0.2) is 0 Å². The topological polar surface area (TPSA) is 137 Å². The second-order valence-electron chi connectivity index (χ2n) is 5.71. The van der Waals surface area contributed by atoms with Crippen molar-refractivity contribution in [3.63, 3.8) is 0 Å². The van der Waals surface area contributed by atoms with Gasteiger partial charge in [-0.1, -0.05) is 0 Å². The Hall–Kier alpha value is -2.35. The van der Waals surface area contributed by atoms with Gasteiger partial charge < -0.3 is 21.1 Å². The predicted molar refractivity (Wildman–Crippen MR) is 84.5 cm³/mol. The summed E-state index contributed by atoms with van der Waals surface area (Å²) < 4.78 is 31.7. The smallest absolute Gasteiger partial charge is 0.475 e. The van der Waals surface area contributed by atoms with Gasteiger partial charge in [0.25, 0.3) is 0 Å². The lowest BCUT2D eigenvalue weighted by atomic mass is 10.1. The molecule has 1 aliphatic heterocycles. The lowest BCUT2D eigenvalue weighted by molar-refractivity contribution is -0.192. The summed E-state index contributed by atoms with van der Waals surface area (Å²) in [6.45, 7) is 2.72. The Morgan fingerprint density at radius 1 is 1.38 bits per heavy atom. The Balaban J connectivity index is 0.000000758. The summed E-state index contributed by atoms with van der Waals surface area (Å²) in [5.41, 5.74) is 5.87. The Bertz CT molecular complexity index is 534. The molecule has 0 unspecified atom stereocenters. The molecule has 0 aliphatic carbocycles. The van der Waals surface area contributed by atoms with Crippen LogP contribution >= 0.6 is 0 Å². The van der Waals surface area contributed by atoms with Crippen LogP contribution in [0, 0.1) is 11.3 Å². The number of amides is 2. The van der Waals surface area contributed by atoms with Gasteiger partial charge in [-0.05, 0) is 32.1 Å². The van der Waals surface area contributed by atoms with Gasteiger partial charge >= 0.3 is 12.1 Å². The number of carbonyl (C=O) groups excluding carboxylic acids is 2. The zero-order chi connectivity index (χ0) is 20.3. The van der Waals surface area contributed by atoms with E-state index < -0.39 is 18.2 Å². The number of hydrogen-bond acceptors (Lipinski definition) is 5. The number of nitrogens with one attached hydrogen (secondary N) is 1. The highest BCUT2D eigenvalue weighted by Crippen LogP contribution is 2.18. The highest BCUT2D eigenvalue weighted by molar-refractivity contribution is 5.82. The van der Waals surface area contributed by atoms with Crippen LogP contribution in [0.3, 0.4) is 0 Å². The number of hydrogen-bond donors (Lipinski definition) is 3. The van der Waals surface area contributed by atoms with Gasteiger partial charge in [-0.2, -0.15) is 18.4 Å². The van der Waals surface area contributed by atoms with Crippen LogP contribution in [0.2, 0.25) is 0 Å². The molecule has 0 radical (unpaired) electrons. The molecule has 0 aromatic carbocycles. The number of halogens is 3. The molecule has 1 aliphatic rings. The molecular weight excluding hydrogens is 357 g/mol. The molecule has 1 heterocycles. The quantitative estimate of drug-likeness (QED) is 0.582. The first kappa shape index (κ1) is 23.6. The van der Waals surface area contributed by atoms with Crippen LogP contribution in [-0.2, 0) is 14.4 Å². The Morgan fingerprint density at radius 2 is 1.96 bits per heavy atom. The number of nitrogens with two attached hydrogens (primary N) is 1. The molecule has 0 spiro atoms. The summed E-state index contributed by atoms with van der Waals surface area (Å²) in [5.74, 6) is -2.93. The van der Waals surface area contributed by atoms with E-state index in [0.717, 1.165) is 25.7 Å². The molecule has 0 bridgehead atoms. The molecule has 1 rings (SSSR count). The third-order valence-corrected chi connectivity index (χ3v) is 3.56. The molecule has 0 aromatic heterocycles. The number of unbranched alkanes of at least 4 members (excludes halogenated alkanes) is 1. The number of alkyl halides is 3. The van der Waals surface area contributed by atoms with E-state index in [-0.39, 0.29) is 17.9 Å². The fourth-order valence-electron chi connectivity index (χ4n) is 2.25. The molecule has 8 nitrogen and oxygen atoms in total. The van der Waals surface area contributed by atoms with Crippen molar-refractivity contribution in [1.82, 2.24) is 10.2 Å². The molecule has 4 N–H and O–H groups in total. The number of carbonyl (C=O) groups is 3. The molecular formula is C15H23F3N4O4. The number of nitriles is 1. The van der Waals surface area contributed by atoms with E-state index in [1.165, 1.54) is 6.92 Å². The average Bonchev–Trinajstić information content (AvgIpc) is 3.01. The van der Waals surface area contributed by atoms with Crippen molar-refractivity contribution in [2.75, 3.05) is 13.1 Å². The number of carboxylic acid groups (broad SMARTS) is 1. The van der Waals surface area contributed by atoms with Crippen LogP contribution in [0.25, 0.3) is 0 Å². The number of likely N-dealkylation sites (tertiary alicyclic amines) is 1. The molecule has 2 amide bonds. The van der Waals surface area contributed by atoms with Gasteiger partial charge in [-0.15, -0.1) is 0 Å². The van der Waals surface area contributed by atoms with Crippen LogP contribution in [0.15, 0.2) is 0 Å². The Morgan fingerprint density at radius 3 is 2.42 bits per heavy atom. The van der Waals surface area contributed by atoms with Crippen LogP contribution in [0.5, 0.6) is 0 Å². The third-order valence-electron chi connectivity index (χ3n) is 3.56. The van der Waals surface area contributed by atoms with Crippen LogP contribution in [0.1, 0.15) is 39.0 Å². The molecule has 0 saturated carbocycles. The molecule has 148 valence electrons. The molecule has 0 aromatic rings. The van der Waals surface area contributed by atoms with Crippen molar-refractivity contribution in [3.05, 3.63) is 0 Å². The monoisotopic (exact) mass is 380 g/mol. The van der Waals surface area contributed by atoms with Crippen molar-refractivity contribution in [3.8, 4) is 6.07 Å². The molecule has 1 saturated heterocycles. The van der Waals surface area contributed by atoms with Gasteiger partial charge in [0.1, 0.15) is 6.04 Å². The normalized spacial score (nSPS) is 17.5. The van der Waals surface area contributed by atoms with Crippen molar-refractivity contribution in [2.45, 2.75) is 57.3 Å². The fraction of sp³-hybridized carbons (Fsp3) is 0.733. The van der Waals surface area contributed by atoms with E-state index in [1.54, 1.807) is 4.90 Å². The second-order valence-corrected chi connectivity index (χ2v) is 5.71. The van der Waals surface area contributed by atoms with E-state index in [2.05, 4.69) is 11.4 Å². The zero-order valence-electron chi connectivity index (χ0n) is 14.4. The van der Waals surface area contributed by atoms with E-state index in [4.69, 9.17) is 20.9 Å². The molecule has 1 fully saturated rings. The van der Waals surface area contributed by atoms with Crippen molar-refractivity contribution >= 4 is 17.8 Å². The summed E-state index contributed by atoms with van der Waals surface area (Å²) in [6.07, 6.45) is -1.27. The molecule has 11 heteroatoms. The number of carboxylic acids is 1. The summed E-state index contributed by atoms with van der Waals surface area (Å²) in [6, 6.07) is 1.30. The molecule has 2 atom stereocenters. The first-order chi connectivity index (χ1) is 12.0. The first-order valence-electron chi connectivity index (χ1n) is 8.01.